The van der Waals surface area contributed by atoms with Crippen LogP contribution in [0.2, 0.25) is 0 Å². The molecule has 4 rings (SSSR count). The molecule has 2 fully saturated rings. The van der Waals surface area contributed by atoms with E-state index >= 15 is 0 Å². The fourth-order valence-electron chi connectivity index (χ4n) is 3.93. The van der Waals surface area contributed by atoms with Gasteiger partial charge in [-0.05, 0) is 50.1 Å². The van der Waals surface area contributed by atoms with Crippen molar-refractivity contribution in [3.05, 3.63) is 24.2 Å². The summed E-state index contributed by atoms with van der Waals surface area (Å²) in [5.74, 6) is 0.960. The van der Waals surface area contributed by atoms with E-state index in [2.05, 4.69) is 15.1 Å². The molecule has 26 heavy (non-hydrogen) atoms. The number of aromatic nitrogens is 3. The standard InChI is InChI=1S/C18H26N4O3S/c1-17(23)7-10-24-18(12-17)5-8-22(9-6-18)11-14-3-4-15(25-14)26-16-20-19-13-21(16)2/h3-4,13,23H,5-12H2,1-2H3. The SMILES string of the molecule is Cn1cnnc1Sc1ccc(CN2CCC3(CC2)CC(C)(O)CCO3)o1. The third-order valence-electron chi connectivity index (χ3n) is 5.40. The molecule has 2 saturated heterocycles. The zero-order valence-corrected chi connectivity index (χ0v) is 16.2. The summed E-state index contributed by atoms with van der Waals surface area (Å²) in [6, 6.07) is 4.02. The quantitative estimate of drug-likeness (QED) is 0.876. The van der Waals surface area contributed by atoms with Crippen molar-refractivity contribution < 1.29 is 14.3 Å². The molecule has 0 bridgehead atoms. The van der Waals surface area contributed by atoms with Gasteiger partial charge in [0.05, 0.1) is 24.4 Å². The van der Waals surface area contributed by atoms with Crippen molar-refractivity contribution >= 4 is 11.8 Å². The van der Waals surface area contributed by atoms with Gasteiger partial charge in [-0.2, -0.15) is 0 Å². The summed E-state index contributed by atoms with van der Waals surface area (Å²) < 4.78 is 13.9. The molecule has 2 aromatic heterocycles. The van der Waals surface area contributed by atoms with E-state index in [0.717, 1.165) is 61.3 Å². The van der Waals surface area contributed by atoms with Crippen molar-refractivity contribution in [2.45, 2.75) is 60.6 Å². The van der Waals surface area contributed by atoms with Crippen LogP contribution >= 0.6 is 11.8 Å². The van der Waals surface area contributed by atoms with Crippen LogP contribution in [0.25, 0.3) is 0 Å². The Hall–Kier alpha value is -1.35. The van der Waals surface area contributed by atoms with E-state index in [-0.39, 0.29) is 5.60 Å². The molecular formula is C18H26N4O3S. The van der Waals surface area contributed by atoms with Crippen molar-refractivity contribution in [1.82, 2.24) is 19.7 Å². The smallest absolute Gasteiger partial charge is 0.198 e. The third-order valence-corrected chi connectivity index (χ3v) is 6.37. The number of aryl methyl sites for hydroxylation is 1. The minimum Gasteiger partial charge on any atom is -0.453 e. The summed E-state index contributed by atoms with van der Waals surface area (Å²) in [6.45, 7) is 5.31. The second-order valence-electron chi connectivity index (χ2n) is 7.78. The molecule has 7 nitrogen and oxygen atoms in total. The number of hydrogen-bond donors (Lipinski definition) is 1. The molecule has 8 heteroatoms. The normalized spacial score (nSPS) is 26.4. The number of ether oxygens (including phenoxy) is 1. The van der Waals surface area contributed by atoms with Crippen molar-refractivity contribution in [1.29, 1.82) is 0 Å². The molecule has 2 aliphatic rings. The van der Waals surface area contributed by atoms with E-state index in [4.69, 9.17) is 9.15 Å². The van der Waals surface area contributed by atoms with Gasteiger partial charge in [-0.15, -0.1) is 10.2 Å². The molecular weight excluding hydrogens is 352 g/mol. The molecule has 142 valence electrons. The lowest BCUT2D eigenvalue weighted by Gasteiger charge is -2.48. The van der Waals surface area contributed by atoms with Gasteiger partial charge < -0.3 is 18.8 Å². The number of rotatable bonds is 4. The lowest BCUT2D eigenvalue weighted by molar-refractivity contribution is -0.173. The predicted molar refractivity (Wildman–Crippen MR) is 96.9 cm³/mol. The van der Waals surface area contributed by atoms with Gasteiger partial charge in [0, 0.05) is 26.6 Å². The van der Waals surface area contributed by atoms with Crippen LogP contribution in [0.1, 0.15) is 38.4 Å². The Bertz CT molecular complexity index is 749. The van der Waals surface area contributed by atoms with E-state index < -0.39 is 5.60 Å². The van der Waals surface area contributed by atoms with Crippen LogP contribution in [-0.2, 0) is 18.3 Å². The Kier molecular flexibility index (Phi) is 4.85. The van der Waals surface area contributed by atoms with Crippen LogP contribution in [0.3, 0.4) is 0 Å². The molecule has 1 atom stereocenters. The first kappa shape index (κ1) is 18.0. The summed E-state index contributed by atoms with van der Waals surface area (Å²) in [4.78, 5) is 2.40. The average Bonchev–Trinajstić information content (AvgIpc) is 3.19. The largest absolute Gasteiger partial charge is 0.453 e. The van der Waals surface area contributed by atoms with Gasteiger partial charge in [0.25, 0.3) is 0 Å². The fourth-order valence-corrected chi connectivity index (χ4v) is 4.68. The highest BCUT2D eigenvalue weighted by atomic mass is 32.2. The topological polar surface area (TPSA) is 76.6 Å². The van der Waals surface area contributed by atoms with E-state index in [1.54, 1.807) is 6.33 Å². The average molecular weight is 378 g/mol. The minimum absolute atomic E-state index is 0.145. The number of piperidine rings is 1. The molecule has 0 amide bonds. The summed E-state index contributed by atoms with van der Waals surface area (Å²) in [6.07, 6.45) is 5.08. The van der Waals surface area contributed by atoms with Crippen molar-refractivity contribution in [2.24, 2.45) is 7.05 Å². The lowest BCUT2D eigenvalue weighted by Crippen LogP contribution is -2.53. The Morgan fingerprint density at radius 3 is 2.77 bits per heavy atom. The van der Waals surface area contributed by atoms with Crippen LogP contribution < -0.4 is 0 Å². The van der Waals surface area contributed by atoms with Gasteiger partial charge in [0.15, 0.2) is 10.2 Å². The van der Waals surface area contributed by atoms with Crippen molar-refractivity contribution in [2.75, 3.05) is 19.7 Å². The summed E-state index contributed by atoms with van der Waals surface area (Å²) >= 11 is 1.48. The first-order chi connectivity index (χ1) is 12.4. The molecule has 0 radical (unpaired) electrons. The maximum absolute atomic E-state index is 10.4. The number of furan rings is 1. The summed E-state index contributed by atoms with van der Waals surface area (Å²) in [5, 5.41) is 20.0. The number of nitrogens with zero attached hydrogens (tertiary/aromatic N) is 4. The van der Waals surface area contributed by atoms with Gasteiger partial charge in [-0.1, -0.05) is 0 Å². The maximum atomic E-state index is 10.4. The van der Waals surface area contributed by atoms with Crippen LogP contribution in [0.4, 0.5) is 0 Å². The number of aliphatic hydroxyl groups is 1. The highest BCUT2D eigenvalue weighted by molar-refractivity contribution is 7.99. The Labute approximate surface area is 157 Å². The third kappa shape index (κ3) is 3.98. The van der Waals surface area contributed by atoms with Crippen LogP contribution in [0.15, 0.2) is 33.1 Å². The zero-order valence-electron chi connectivity index (χ0n) is 15.3. The monoisotopic (exact) mass is 378 g/mol. The minimum atomic E-state index is -0.590. The molecule has 0 aliphatic carbocycles. The number of hydrogen-bond acceptors (Lipinski definition) is 7. The zero-order chi connectivity index (χ0) is 18.2. The first-order valence-electron chi connectivity index (χ1n) is 9.12. The molecule has 1 spiro atoms. The molecule has 4 heterocycles. The Morgan fingerprint density at radius 1 is 1.27 bits per heavy atom. The van der Waals surface area contributed by atoms with Gasteiger partial charge in [0.1, 0.15) is 12.1 Å². The summed E-state index contributed by atoms with van der Waals surface area (Å²) in [5.41, 5.74) is -0.735. The second-order valence-corrected chi connectivity index (χ2v) is 8.75. The second kappa shape index (κ2) is 6.99. The van der Waals surface area contributed by atoms with Crippen molar-refractivity contribution in [3.63, 3.8) is 0 Å². The Morgan fingerprint density at radius 2 is 2.08 bits per heavy atom. The molecule has 0 aromatic carbocycles. The van der Waals surface area contributed by atoms with E-state index in [9.17, 15) is 5.11 Å². The molecule has 2 aromatic rings. The highest BCUT2D eigenvalue weighted by Crippen LogP contribution is 2.39. The predicted octanol–water partition coefficient (Wildman–Crippen LogP) is 2.46. The van der Waals surface area contributed by atoms with E-state index in [1.807, 2.05) is 30.7 Å². The van der Waals surface area contributed by atoms with Gasteiger partial charge in [-0.3, -0.25) is 4.90 Å². The van der Waals surface area contributed by atoms with Crippen LogP contribution in [0.5, 0.6) is 0 Å². The maximum Gasteiger partial charge on any atom is 0.198 e. The Balaban J connectivity index is 1.32. The van der Waals surface area contributed by atoms with E-state index in [1.165, 1.54) is 11.8 Å². The molecule has 1 N–H and O–H groups in total. The fraction of sp³-hybridized carbons (Fsp3) is 0.667. The van der Waals surface area contributed by atoms with Crippen LogP contribution in [-0.4, -0.2) is 55.7 Å². The van der Waals surface area contributed by atoms with Gasteiger partial charge >= 0.3 is 0 Å². The molecule has 1 unspecified atom stereocenters. The molecule has 0 saturated carbocycles. The van der Waals surface area contributed by atoms with Crippen LogP contribution in [0, 0.1) is 0 Å². The van der Waals surface area contributed by atoms with Gasteiger partial charge in [0.2, 0.25) is 0 Å². The first-order valence-corrected chi connectivity index (χ1v) is 9.94. The highest BCUT2D eigenvalue weighted by Gasteiger charge is 2.44. The van der Waals surface area contributed by atoms with E-state index in [0.29, 0.717) is 6.61 Å². The summed E-state index contributed by atoms with van der Waals surface area (Å²) in [7, 11) is 1.92. The lowest BCUT2D eigenvalue weighted by atomic mass is 9.78. The number of likely N-dealkylation sites (tertiary alicyclic amines) is 1. The molecule has 2 aliphatic heterocycles. The van der Waals surface area contributed by atoms with Gasteiger partial charge in [-0.25, -0.2) is 0 Å². The van der Waals surface area contributed by atoms with Crippen molar-refractivity contribution in [3.8, 4) is 0 Å².